The van der Waals surface area contributed by atoms with Gasteiger partial charge in [0, 0.05) is 10.4 Å². The lowest BCUT2D eigenvalue weighted by Crippen LogP contribution is -2.29. The van der Waals surface area contributed by atoms with E-state index in [0.29, 0.717) is 22.0 Å². The third kappa shape index (κ3) is 3.60. The number of nitrogens with zero attached hydrogens (tertiary/aromatic N) is 2. The second-order valence-electron chi connectivity index (χ2n) is 7.07. The number of aryl methyl sites for hydroxylation is 2. The third-order valence-corrected chi connectivity index (χ3v) is 6.58. The van der Waals surface area contributed by atoms with Gasteiger partial charge in [0.2, 0.25) is 0 Å². The molecule has 0 saturated carbocycles. The Kier molecular flexibility index (Phi) is 5.56. The van der Waals surface area contributed by atoms with Crippen molar-refractivity contribution in [1.29, 1.82) is 0 Å². The molecule has 8 heteroatoms. The molecule has 1 N–H and O–H groups in total. The second kappa shape index (κ2) is 8.17. The number of aliphatic hydroxyl groups excluding tert-OH is 1. The zero-order valence-corrected chi connectivity index (χ0v) is 18.6. The highest BCUT2D eigenvalue weighted by Gasteiger charge is 2.48. The number of thiazole rings is 1. The quantitative estimate of drug-likeness (QED) is 0.339. The van der Waals surface area contributed by atoms with Crippen molar-refractivity contribution in [2.75, 3.05) is 12.0 Å². The van der Waals surface area contributed by atoms with Gasteiger partial charge in [-0.05, 0) is 37.6 Å². The summed E-state index contributed by atoms with van der Waals surface area (Å²) in [5, 5.41) is 11.8. The SMILES string of the molecule is COc1ccc(/C(O)=C2\C(=O)C(=O)N(c3nc(C)c(C)s3)[C@@H]2c2ccccc2)cc1Cl. The maximum Gasteiger partial charge on any atom is 0.301 e. The van der Waals surface area contributed by atoms with Crippen LogP contribution in [0.25, 0.3) is 5.76 Å². The summed E-state index contributed by atoms with van der Waals surface area (Å²) in [7, 11) is 1.49. The number of hydrogen-bond donors (Lipinski definition) is 1. The van der Waals surface area contributed by atoms with Crippen molar-refractivity contribution in [1.82, 2.24) is 4.98 Å². The normalized spacial score (nSPS) is 17.9. The number of ketones is 1. The molecule has 0 spiro atoms. The monoisotopic (exact) mass is 454 g/mol. The van der Waals surface area contributed by atoms with Crippen LogP contribution in [0, 0.1) is 13.8 Å². The highest BCUT2D eigenvalue weighted by Crippen LogP contribution is 2.44. The first-order valence-electron chi connectivity index (χ1n) is 9.47. The number of anilines is 1. The fourth-order valence-electron chi connectivity index (χ4n) is 3.51. The average molecular weight is 455 g/mol. The van der Waals surface area contributed by atoms with Gasteiger partial charge in [-0.15, -0.1) is 11.3 Å². The maximum absolute atomic E-state index is 13.1. The summed E-state index contributed by atoms with van der Waals surface area (Å²) in [5.41, 5.74) is 1.78. The minimum Gasteiger partial charge on any atom is -0.507 e. The lowest BCUT2D eigenvalue weighted by atomic mass is 9.95. The Bertz CT molecular complexity index is 1200. The van der Waals surface area contributed by atoms with Crippen LogP contribution in [0.15, 0.2) is 54.1 Å². The van der Waals surface area contributed by atoms with E-state index in [1.54, 1.807) is 12.1 Å². The maximum atomic E-state index is 13.1. The molecular weight excluding hydrogens is 436 g/mol. The van der Waals surface area contributed by atoms with Crippen molar-refractivity contribution in [3.8, 4) is 5.75 Å². The van der Waals surface area contributed by atoms with Gasteiger partial charge in [-0.25, -0.2) is 4.98 Å². The van der Waals surface area contributed by atoms with Gasteiger partial charge in [0.1, 0.15) is 11.5 Å². The molecule has 0 radical (unpaired) electrons. The van der Waals surface area contributed by atoms with Crippen LogP contribution < -0.4 is 9.64 Å². The number of rotatable bonds is 4. The first-order chi connectivity index (χ1) is 14.8. The van der Waals surface area contributed by atoms with Crippen LogP contribution in [0.3, 0.4) is 0 Å². The molecule has 2 aromatic carbocycles. The molecule has 2 heterocycles. The van der Waals surface area contributed by atoms with Crippen LogP contribution >= 0.6 is 22.9 Å². The molecule has 1 amide bonds. The molecule has 31 heavy (non-hydrogen) atoms. The van der Waals surface area contributed by atoms with E-state index in [1.165, 1.54) is 29.4 Å². The Hall–Kier alpha value is -3.16. The lowest BCUT2D eigenvalue weighted by molar-refractivity contribution is -0.132. The standard InChI is InChI=1S/C23H19ClN2O4S/c1-12-13(2)31-23(25-12)26-19(14-7-5-4-6-8-14)18(21(28)22(26)29)20(27)15-9-10-17(30-3)16(24)11-15/h4-11,19,27H,1-3H3/b20-18+/t19-/m1/s1. The van der Waals surface area contributed by atoms with E-state index >= 15 is 0 Å². The van der Waals surface area contributed by atoms with Crippen LogP contribution in [-0.4, -0.2) is 28.9 Å². The Morgan fingerprint density at radius 1 is 1.16 bits per heavy atom. The smallest absolute Gasteiger partial charge is 0.301 e. The average Bonchev–Trinajstić information content (AvgIpc) is 3.23. The Labute approximate surface area is 188 Å². The van der Waals surface area contributed by atoms with Crippen LogP contribution in [0.4, 0.5) is 5.13 Å². The van der Waals surface area contributed by atoms with E-state index in [9.17, 15) is 14.7 Å². The molecule has 0 unspecified atom stereocenters. The number of aliphatic hydroxyl groups is 1. The predicted octanol–water partition coefficient (Wildman–Crippen LogP) is 5.05. The zero-order valence-electron chi connectivity index (χ0n) is 17.0. The van der Waals surface area contributed by atoms with Gasteiger partial charge in [0.05, 0.1) is 29.4 Å². The van der Waals surface area contributed by atoms with E-state index in [4.69, 9.17) is 16.3 Å². The van der Waals surface area contributed by atoms with Gasteiger partial charge in [-0.2, -0.15) is 0 Å². The van der Waals surface area contributed by atoms with E-state index in [0.717, 1.165) is 10.6 Å². The molecule has 0 aliphatic carbocycles. The second-order valence-corrected chi connectivity index (χ2v) is 8.66. The van der Waals surface area contributed by atoms with E-state index in [-0.39, 0.29) is 16.4 Å². The third-order valence-electron chi connectivity index (χ3n) is 5.21. The Balaban J connectivity index is 1.93. The van der Waals surface area contributed by atoms with Gasteiger partial charge >= 0.3 is 5.91 Å². The number of halogens is 1. The minimum absolute atomic E-state index is 0.0112. The van der Waals surface area contributed by atoms with Gasteiger partial charge in [-0.1, -0.05) is 41.9 Å². The fourth-order valence-corrected chi connectivity index (χ4v) is 4.70. The molecule has 1 saturated heterocycles. The number of aromatic nitrogens is 1. The van der Waals surface area contributed by atoms with Gasteiger partial charge in [-0.3, -0.25) is 14.5 Å². The summed E-state index contributed by atoms with van der Waals surface area (Å²) in [6, 6.07) is 13.0. The number of amides is 1. The van der Waals surface area contributed by atoms with E-state index in [1.807, 2.05) is 44.2 Å². The molecule has 1 atom stereocenters. The summed E-state index contributed by atoms with van der Waals surface area (Å²) in [6.45, 7) is 3.76. The zero-order chi connectivity index (χ0) is 22.3. The summed E-state index contributed by atoms with van der Waals surface area (Å²) in [5.74, 6) is -1.37. The molecule has 1 aliphatic heterocycles. The number of carbonyl (C=O) groups is 2. The van der Waals surface area contributed by atoms with Gasteiger partial charge < -0.3 is 9.84 Å². The number of benzene rings is 2. The summed E-state index contributed by atoms with van der Waals surface area (Å²) >= 11 is 7.55. The molecule has 0 bridgehead atoms. The lowest BCUT2D eigenvalue weighted by Gasteiger charge is -2.23. The van der Waals surface area contributed by atoms with Crippen molar-refractivity contribution in [2.45, 2.75) is 19.9 Å². The Morgan fingerprint density at radius 2 is 1.87 bits per heavy atom. The number of Topliss-reactive ketones (excluding diaryl/α,β-unsaturated/α-hetero) is 1. The molecule has 1 aliphatic rings. The summed E-state index contributed by atoms with van der Waals surface area (Å²) < 4.78 is 5.16. The number of ether oxygens (including phenoxy) is 1. The van der Waals surface area contributed by atoms with Gasteiger partial charge in [0.25, 0.3) is 5.78 Å². The molecule has 158 valence electrons. The fraction of sp³-hybridized carbons (Fsp3) is 0.174. The van der Waals surface area contributed by atoms with E-state index in [2.05, 4.69) is 4.98 Å². The van der Waals surface area contributed by atoms with Crippen molar-refractivity contribution in [2.24, 2.45) is 0 Å². The first-order valence-corrected chi connectivity index (χ1v) is 10.7. The highest BCUT2D eigenvalue weighted by molar-refractivity contribution is 7.16. The number of carbonyl (C=O) groups excluding carboxylic acids is 2. The van der Waals surface area contributed by atoms with Crippen LogP contribution in [-0.2, 0) is 9.59 Å². The highest BCUT2D eigenvalue weighted by atomic mass is 35.5. The first kappa shape index (κ1) is 21.1. The Morgan fingerprint density at radius 3 is 2.45 bits per heavy atom. The van der Waals surface area contributed by atoms with Crippen LogP contribution in [0.5, 0.6) is 5.75 Å². The minimum atomic E-state index is -0.813. The molecule has 6 nitrogen and oxygen atoms in total. The van der Waals surface area contributed by atoms with Crippen molar-refractivity contribution in [3.05, 3.63) is 80.8 Å². The van der Waals surface area contributed by atoms with Crippen molar-refractivity contribution < 1.29 is 19.4 Å². The molecule has 1 aromatic heterocycles. The van der Waals surface area contributed by atoms with E-state index < -0.39 is 17.7 Å². The topological polar surface area (TPSA) is 79.7 Å². The number of methoxy groups -OCH3 is 1. The van der Waals surface area contributed by atoms with Gasteiger partial charge in [0.15, 0.2) is 5.13 Å². The predicted molar refractivity (Wildman–Crippen MR) is 121 cm³/mol. The summed E-state index contributed by atoms with van der Waals surface area (Å²) in [6.07, 6.45) is 0. The van der Waals surface area contributed by atoms with Crippen LogP contribution in [0.2, 0.25) is 5.02 Å². The number of hydrogen-bond acceptors (Lipinski definition) is 6. The molecule has 3 aromatic rings. The molecule has 1 fully saturated rings. The largest absolute Gasteiger partial charge is 0.507 e. The molecule has 4 rings (SSSR count). The van der Waals surface area contributed by atoms with Crippen LogP contribution in [0.1, 0.15) is 27.7 Å². The summed E-state index contributed by atoms with van der Waals surface area (Å²) in [4.78, 5) is 33.0. The molecular formula is C23H19ClN2O4S. The van der Waals surface area contributed by atoms with Crippen molar-refractivity contribution in [3.63, 3.8) is 0 Å². The van der Waals surface area contributed by atoms with Crippen molar-refractivity contribution >= 4 is 45.5 Å².